The van der Waals surface area contributed by atoms with Crippen molar-refractivity contribution >= 4 is 11.9 Å². The lowest BCUT2D eigenvalue weighted by Crippen LogP contribution is -2.17. The van der Waals surface area contributed by atoms with Crippen molar-refractivity contribution in [2.75, 3.05) is 27.4 Å². The molecule has 1 heterocycles. The maximum Gasteiger partial charge on any atom is 0.339 e. The molecule has 0 fully saturated rings. The largest absolute Gasteiger partial charge is 0.465 e. The Morgan fingerprint density at radius 1 is 0.913 bits per heavy atom. The van der Waals surface area contributed by atoms with Crippen molar-refractivity contribution in [2.45, 2.75) is 32.5 Å². The summed E-state index contributed by atoms with van der Waals surface area (Å²) >= 11 is 0. The van der Waals surface area contributed by atoms with Crippen molar-refractivity contribution < 1.29 is 28.5 Å². The molecule has 126 valence electrons. The van der Waals surface area contributed by atoms with Crippen molar-refractivity contribution in [1.82, 2.24) is 0 Å². The van der Waals surface area contributed by atoms with Crippen molar-refractivity contribution in [3.05, 3.63) is 34.4 Å². The van der Waals surface area contributed by atoms with E-state index >= 15 is 0 Å². The highest BCUT2D eigenvalue weighted by molar-refractivity contribution is 6.04. The highest BCUT2D eigenvalue weighted by atomic mass is 16.5. The van der Waals surface area contributed by atoms with Crippen molar-refractivity contribution in [3.8, 4) is 0 Å². The van der Waals surface area contributed by atoms with Gasteiger partial charge in [0.15, 0.2) is 0 Å². The van der Waals surface area contributed by atoms with Gasteiger partial charge < -0.3 is 18.9 Å². The Labute approximate surface area is 135 Å². The second kappa shape index (κ2) is 8.64. The number of hydrogen-bond donors (Lipinski definition) is 0. The molecule has 2 bridgehead atoms. The first kappa shape index (κ1) is 17.4. The average molecular weight is 322 g/mol. The van der Waals surface area contributed by atoms with E-state index in [0.29, 0.717) is 25.4 Å². The maximum absolute atomic E-state index is 12.1. The van der Waals surface area contributed by atoms with Gasteiger partial charge in [-0.15, -0.1) is 0 Å². The van der Waals surface area contributed by atoms with E-state index < -0.39 is 11.9 Å². The van der Waals surface area contributed by atoms with E-state index in [9.17, 15) is 9.59 Å². The predicted molar refractivity (Wildman–Crippen MR) is 82.3 cm³/mol. The molecule has 0 aliphatic carbocycles. The molecule has 1 aliphatic heterocycles. The van der Waals surface area contributed by atoms with E-state index in [4.69, 9.17) is 18.9 Å². The van der Waals surface area contributed by atoms with Crippen LogP contribution in [0.2, 0.25) is 0 Å². The van der Waals surface area contributed by atoms with Gasteiger partial charge in [0.05, 0.1) is 38.6 Å². The first-order valence-electron chi connectivity index (χ1n) is 7.65. The summed E-state index contributed by atoms with van der Waals surface area (Å²) in [6.07, 6.45) is 2.94. The lowest BCUT2D eigenvalue weighted by atomic mass is 9.97. The van der Waals surface area contributed by atoms with Crippen LogP contribution in [0.5, 0.6) is 0 Å². The van der Waals surface area contributed by atoms with Crippen LogP contribution in [-0.4, -0.2) is 39.4 Å². The number of esters is 2. The molecule has 23 heavy (non-hydrogen) atoms. The molecule has 0 N–H and O–H groups in total. The van der Waals surface area contributed by atoms with Crippen LogP contribution in [0.1, 0.15) is 51.1 Å². The van der Waals surface area contributed by atoms with Gasteiger partial charge in [-0.3, -0.25) is 0 Å². The van der Waals surface area contributed by atoms with Gasteiger partial charge in [-0.2, -0.15) is 0 Å². The van der Waals surface area contributed by atoms with Crippen LogP contribution in [0.3, 0.4) is 0 Å². The van der Waals surface area contributed by atoms with Crippen LogP contribution in [0.25, 0.3) is 0 Å². The normalized spacial score (nSPS) is 15.9. The van der Waals surface area contributed by atoms with Crippen molar-refractivity contribution in [3.63, 3.8) is 0 Å². The zero-order chi connectivity index (χ0) is 16.7. The molecular formula is C17H22O6. The number of methoxy groups -OCH3 is 2. The van der Waals surface area contributed by atoms with E-state index in [1.165, 1.54) is 14.2 Å². The molecule has 0 amide bonds. The highest BCUT2D eigenvalue weighted by Crippen LogP contribution is 2.22. The first-order valence-corrected chi connectivity index (χ1v) is 7.65. The van der Waals surface area contributed by atoms with Gasteiger partial charge in [0.25, 0.3) is 0 Å². The fourth-order valence-corrected chi connectivity index (χ4v) is 2.54. The van der Waals surface area contributed by atoms with Crippen LogP contribution < -0.4 is 0 Å². The van der Waals surface area contributed by atoms with Crippen LogP contribution in [0, 0.1) is 0 Å². The molecule has 0 atom stereocenters. The summed E-state index contributed by atoms with van der Waals surface area (Å²) in [5, 5.41) is 0. The molecule has 6 nitrogen and oxygen atoms in total. The lowest BCUT2D eigenvalue weighted by Gasteiger charge is -2.16. The number of carbonyl (C=O) groups excluding carboxylic acids is 2. The molecule has 0 saturated heterocycles. The Kier molecular flexibility index (Phi) is 6.55. The second-order valence-corrected chi connectivity index (χ2v) is 5.33. The van der Waals surface area contributed by atoms with Gasteiger partial charge in [-0.1, -0.05) is 6.07 Å². The first-order chi connectivity index (χ1) is 11.2. The molecule has 0 radical (unpaired) electrons. The van der Waals surface area contributed by atoms with Crippen molar-refractivity contribution in [1.29, 1.82) is 0 Å². The summed E-state index contributed by atoms with van der Waals surface area (Å²) in [5.74, 6) is -1.16. The molecule has 1 aromatic rings. The Morgan fingerprint density at radius 2 is 1.57 bits per heavy atom. The monoisotopic (exact) mass is 322 g/mol. The second-order valence-electron chi connectivity index (χ2n) is 5.33. The minimum Gasteiger partial charge on any atom is -0.465 e. The third kappa shape index (κ3) is 4.53. The van der Waals surface area contributed by atoms with Crippen LogP contribution in [0.15, 0.2) is 12.1 Å². The topological polar surface area (TPSA) is 71.1 Å². The summed E-state index contributed by atoms with van der Waals surface area (Å²) in [7, 11) is 2.56. The summed E-state index contributed by atoms with van der Waals surface area (Å²) in [6, 6.07) is 3.44. The standard InChI is InChI=1S/C17H22O6/c1-20-16(18)14-9-12-8-13(15(14)17(19)21-2)11-23-7-5-3-4-6-22-10-12/h8-9H,3-7,10-11H2,1-2H3. The SMILES string of the molecule is COC(=O)c1cc2cc(c1C(=O)OC)COCCCCCOC2. The number of benzene rings is 1. The third-order valence-electron chi connectivity index (χ3n) is 3.68. The quantitative estimate of drug-likeness (QED) is 0.779. The van der Waals surface area contributed by atoms with Crippen LogP contribution in [-0.2, 0) is 32.2 Å². The van der Waals surface area contributed by atoms with Gasteiger partial charge in [-0.05, 0) is 36.5 Å². The van der Waals surface area contributed by atoms with Gasteiger partial charge in [0.1, 0.15) is 0 Å². The molecular weight excluding hydrogens is 300 g/mol. The molecule has 0 saturated carbocycles. The smallest absolute Gasteiger partial charge is 0.339 e. The molecule has 1 aromatic carbocycles. The number of hydrogen-bond acceptors (Lipinski definition) is 6. The predicted octanol–water partition coefficient (Wildman–Crippen LogP) is 2.48. The average Bonchev–Trinajstić information content (AvgIpc) is 2.57. The summed E-state index contributed by atoms with van der Waals surface area (Å²) in [5.41, 5.74) is 1.78. The van der Waals surface area contributed by atoms with Gasteiger partial charge >= 0.3 is 11.9 Å². The van der Waals surface area contributed by atoms with E-state index in [1.54, 1.807) is 6.07 Å². The Hall–Kier alpha value is -1.92. The number of fused-ring (bicyclic) bond motifs is 2. The third-order valence-corrected chi connectivity index (χ3v) is 3.68. The van der Waals surface area contributed by atoms with E-state index in [0.717, 1.165) is 24.8 Å². The lowest BCUT2D eigenvalue weighted by molar-refractivity contribution is 0.0546. The zero-order valence-corrected chi connectivity index (χ0v) is 13.6. The zero-order valence-electron chi connectivity index (χ0n) is 13.6. The Bertz CT molecular complexity index is 566. The van der Waals surface area contributed by atoms with E-state index in [2.05, 4.69) is 0 Å². The van der Waals surface area contributed by atoms with Gasteiger partial charge in [0.2, 0.25) is 0 Å². The van der Waals surface area contributed by atoms with Crippen molar-refractivity contribution in [2.24, 2.45) is 0 Å². The molecule has 0 spiro atoms. The molecule has 0 aromatic heterocycles. The van der Waals surface area contributed by atoms with E-state index in [1.807, 2.05) is 6.07 Å². The molecule has 0 unspecified atom stereocenters. The van der Waals surface area contributed by atoms with Crippen LogP contribution in [0.4, 0.5) is 0 Å². The summed E-state index contributed by atoms with van der Waals surface area (Å²) in [6.45, 7) is 1.86. The fourth-order valence-electron chi connectivity index (χ4n) is 2.54. The number of ether oxygens (including phenoxy) is 4. The van der Waals surface area contributed by atoms with E-state index in [-0.39, 0.29) is 17.7 Å². The summed E-state index contributed by atoms with van der Waals surface area (Å²) in [4.78, 5) is 24.2. The molecule has 2 rings (SSSR count). The molecule has 6 heteroatoms. The Balaban J connectivity index is 2.46. The minimum absolute atomic E-state index is 0.177. The minimum atomic E-state index is -0.583. The van der Waals surface area contributed by atoms with Crippen LogP contribution >= 0.6 is 0 Å². The molecule has 1 aliphatic rings. The number of carbonyl (C=O) groups is 2. The van der Waals surface area contributed by atoms with Gasteiger partial charge in [-0.25, -0.2) is 9.59 Å². The highest BCUT2D eigenvalue weighted by Gasteiger charge is 2.24. The fraction of sp³-hybridized carbons (Fsp3) is 0.529. The number of rotatable bonds is 2. The summed E-state index contributed by atoms with van der Waals surface area (Å²) < 4.78 is 20.9. The Morgan fingerprint density at radius 3 is 2.22 bits per heavy atom. The maximum atomic E-state index is 12.1. The van der Waals surface area contributed by atoms with Gasteiger partial charge in [0, 0.05) is 13.2 Å².